The third kappa shape index (κ3) is 3.40. The molecule has 0 saturated heterocycles. The first kappa shape index (κ1) is 11.2. The average Bonchev–Trinajstić information content (AvgIpc) is 2.81. The van der Waals surface area contributed by atoms with Crippen molar-refractivity contribution >= 4 is 11.3 Å². The van der Waals surface area contributed by atoms with Crippen molar-refractivity contribution in [3.8, 4) is 0 Å². The van der Waals surface area contributed by atoms with E-state index in [0.717, 1.165) is 17.8 Å². The van der Waals surface area contributed by atoms with Gasteiger partial charge in [0.05, 0.1) is 11.1 Å². The van der Waals surface area contributed by atoms with Crippen LogP contribution in [0.25, 0.3) is 0 Å². The Bertz CT molecular complexity index is 402. The van der Waals surface area contributed by atoms with Crippen molar-refractivity contribution in [2.75, 3.05) is 0 Å². The first-order chi connectivity index (χ1) is 7.84. The fourth-order valence-corrected chi connectivity index (χ4v) is 2.23. The molecule has 2 rings (SSSR count). The summed E-state index contributed by atoms with van der Waals surface area (Å²) in [6.07, 6.45) is 7.33. The maximum Gasteiger partial charge on any atom is 0.0950 e. The quantitative estimate of drug-likeness (QED) is 0.861. The van der Waals surface area contributed by atoms with Gasteiger partial charge in [0.25, 0.3) is 0 Å². The minimum absolute atomic E-state index is 0.306. The van der Waals surface area contributed by atoms with Crippen molar-refractivity contribution in [1.29, 1.82) is 0 Å². The Morgan fingerprint density at radius 1 is 1.25 bits per heavy atom. The van der Waals surface area contributed by atoms with E-state index in [2.05, 4.69) is 9.97 Å². The van der Waals surface area contributed by atoms with Crippen LogP contribution < -0.4 is 0 Å². The van der Waals surface area contributed by atoms with Crippen LogP contribution in [0.15, 0.2) is 36.1 Å². The summed E-state index contributed by atoms with van der Waals surface area (Å²) >= 11 is 1.59. The average molecular weight is 234 g/mol. The molecule has 0 fully saturated rings. The van der Waals surface area contributed by atoms with Gasteiger partial charge in [-0.2, -0.15) is 0 Å². The van der Waals surface area contributed by atoms with Crippen molar-refractivity contribution in [2.24, 2.45) is 0 Å². The van der Waals surface area contributed by atoms with E-state index in [1.165, 1.54) is 5.56 Å². The molecular weight excluding hydrogens is 220 g/mol. The highest BCUT2D eigenvalue weighted by molar-refractivity contribution is 7.09. The number of rotatable bonds is 5. The SMILES string of the molecule is OC(CCc1ccncc1)Cc1nccs1. The van der Waals surface area contributed by atoms with Crippen LogP contribution in [0.5, 0.6) is 0 Å². The topological polar surface area (TPSA) is 46.0 Å². The maximum absolute atomic E-state index is 9.83. The number of aliphatic hydroxyl groups is 1. The zero-order chi connectivity index (χ0) is 11.2. The lowest BCUT2D eigenvalue weighted by atomic mass is 10.1. The molecule has 4 heteroatoms. The monoisotopic (exact) mass is 234 g/mol. The Balaban J connectivity index is 1.78. The summed E-state index contributed by atoms with van der Waals surface area (Å²) in [5, 5.41) is 12.8. The molecule has 0 spiro atoms. The molecule has 2 aromatic heterocycles. The number of hydrogen-bond acceptors (Lipinski definition) is 4. The normalized spacial score (nSPS) is 12.6. The molecule has 2 aromatic rings. The highest BCUT2D eigenvalue weighted by Gasteiger charge is 2.07. The van der Waals surface area contributed by atoms with Crippen LogP contribution in [-0.4, -0.2) is 21.2 Å². The Labute approximate surface area is 98.8 Å². The van der Waals surface area contributed by atoms with Gasteiger partial charge in [-0.25, -0.2) is 4.98 Å². The molecule has 0 amide bonds. The number of thiazole rings is 1. The third-order valence-electron chi connectivity index (χ3n) is 2.41. The molecule has 0 aromatic carbocycles. The molecule has 0 aliphatic carbocycles. The molecule has 3 nitrogen and oxygen atoms in total. The Kier molecular flexibility index (Phi) is 4.02. The second kappa shape index (κ2) is 5.72. The van der Waals surface area contributed by atoms with E-state index in [0.29, 0.717) is 6.42 Å². The molecule has 0 bridgehead atoms. The lowest BCUT2D eigenvalue weighted by molar-refractivity contribution is 0.165. The summed E-state index contributed by atoms with van der Waals surface area (Å²) in [5.41, 5.74) is 1.22. The molecule has 0 aliphatic rings. The fraction of sp³-hybridized carbons (Fsp3) is 0.333. The van der Waals surface area contributed by atoms with Crippen LogP contribution in [0, 0.1) is 0 Å². The van der Waals surface area contributed by atoms with Crippen LogP contribution in [0.3, 0.4) is 0 Å². The largest absolute Gasteiger partial charge is 0.393 e. The van der Waals surface area contributed by atoms with Crippen molar-refractivity contribution in [3.63, 3.8) is 0 Å². The number of aryl methyl sites for hydroxylation is 1. The zero-order valence-corrected chi connectivity index (χ0v) is 9.73. The Morgan fingerprint density at radius 2 is 2.06 bits per heavy atom. The number of nitrogens with zero attached hydrogens (tertiary/aromatic N) is 2. The Morgan fingerprint density at radius 3 is 2.75 bits per heavy atom. The van der Waals surface area contributed by atoms with Crippen LogP contribution in [0.1, 0.15) is 17.0 Å². The summed E-state index contributed by atoms with van der Waals surface area (Å²) in [7, 11) is 0. The van der Waals surface area contributed by atoms with E-state index >= 15 is 0 Å². The molecule has 0 radical (unpaired) electrons. The van der Waals surface area contributed by atoms with E-state index in [-0.39, 0.29) is 6.10 Å². The summed E-state index contributed by atoms with van der Waals surface area (Å²) in [6, 6.07) is 3.96. The number of pyridine rings is 1. The van der Waals surface area contributed by atoms with E-state index in [9.17, 15) is 5.11 Å². The van der Waals surface area contributed by atoms with E-state index in [1.807, 2.05) is 17.5 Å². The standard InChI is InChI=1S/C12H14N2OS/c15-11(9-12-14-7-8-16-12)2-1-10-3-5-13-6-4-10/h3-8,11,15H,1-2,9H2. The number of aliphatic hydroxyl groups excluding tert-OH is 1. The van der Waals surface area contributed by atoms with E-state index in [1.54, 1.807) is 29.9 Å². The highest BCUT2D eigenvalue weighted by atomic mass is 32.1. The molecular formula is C12H14N2OS. The van der Waals surface area contributed by atoms with Crippen molar-refractivity contribution in [2.45, 2.75) is 25.4 Å². The minimum Gasteiger partial charge on any atom is -0.393 e. The summed E-state index contributed by atoms with van der Waals surface area (Å²) < 4.78 is 0. The number of aromatic nitrogens is 2. The van der Waals surface area contributed by atoms with E-state index in [4.69, 9.17) is 0 Å². The van der Waals surface area contributed by atoms with Gasteiger partial charge in [-0.15, -0.1) is 11.3 Å². The van der Waals surface area contributed by atoms with Gasteiger partial charge in [0.15, 0.2) is 0 Å². The van der Waals surface area contributed by atoms with Crippen molar-refractivity contribution in [3.05, 3.63) is 46.7 Å². The lowest BCUT2D eigenvalue weighted by Crippen LogP contribution is -2.11. The van der Waals surface area contributed by atoms with Gasteiger partial charge in [0.2, 0.25) is 0 Å². The van der Waals surface area contributed by atoms with Crippen molar-refractivity contribution < 1.29 is 5.11 Å². The molecule has 2 heterocycles. The lowest BCUT2D eigenvalue weighted by Gasteiger charge is -2.08. The molecule has 0 saturated carbocycles. The first-order valence-corrected chi connectivity index (χ1v) is 6.18. The second-order valence-electron chi connectivity index (χ2n) is 3.68. The minimum atomic E-state index is -0.306. The summed E-state index contributed by atoms with van der Waals surface area (Å²) in [4.78, 5) is 8.12. The van der Waals surface area contributed by atoms with Gasteiger partial charge in [-0.1, -0.05) is 0 Å². The first-order valence-electron chi connectivity index (χ1n) is 5.30. The van der Waals surface area contributed by atoms with Gasteiger partial charge in [-0.3, -0.25) is 4.98 Å². The molecule has 84 valence electrons. The molecule has 1 unspecified atom stereocenters. The van der Waals surface area contributed by atoms with Crippen LogP contribution in [0.4, 0.5) is 0 Å². The molecule has 0 aliphatic heterocycles. The maximum atomic E-state index is 9.83. The zero-order valence-electron chi connectivity index (χ0n) is 8.91. The molecule has 16 heavy (non-hydrogen) atoms. The van der Waals surface area contributed by atoms with Crippen molar-refractivity contribution in [1.82, 2.24) is 9.97 Å². The fourth-order valence-electron chi connectivity index (χ4n) is 1.54. The van der Waals surface area contributed by atoms with Crippen LogP contribution in [0.2, 0.25) is 0 Å². The molecule has 1 N–H and O–H groups in total. The third-order valence-corrected chi connectivity index (χ3v) is 3.21. The Hall–Kier alpha value is -1.26. The molecule has 1 atom stereocenters. The summed E-state index contributed by atoms with van der Waals surface area (Å²) in [6.45, 7) is 0. The van der Waals surface area contributed by atoms with E-state index < -0.39 is 0 Å². The van der Waals surface area contributed by atoms with Gasteiger partial charge in [0.1, 0.15) is 0 Å². The van der Waals surface area contributed by atoms with Crippen LogP contribution >= 0.6 is 11.3 Å². The predicted molar refractivity (Wildman–Crippen MR) is 64.4 cm³/mol. The number of hydrogen-bond donors (Lipinski definition) is 1. The predicted octanol–water partition coefficient (Wildman–Crippen LogP) is 2.07. The van der Waals surface area contributed by atoms with Gasteiger partial charge in [0, 0.05) is 30.4 Å². The van der Waals surface area contributed by atoms with Gasteiger partial charge in [-0.05, 0) is 30.5 Å². The summed E-state index contributed by atoms with van der Waals surface area (Å²) in [5.74, 6) is 0. The van der Waals surface area contributed by atoms with Gasteiger partial charge >= 0.3 is 0 Å². The van der Waals surface area contributed by atoms with Crippen LogP contribution in [-0.2, 0) is 12.8 Å². The smallest absolute Gasteiger partial charge is 0.0950 e. The second-order valence-corrected chi connectivity index (χ2v) is 4.66. The van der Waals surface area contributed by atoms with Gasteiger partial charge < -0.3 is 5.11 Å². The highest BCUT2D eigenvalue weighted by Crippen LogP contribution is 2.11.